The van der Waals surface area contributed by atoms with Gasteiger partial charge in [0, 0.05) is 25.5 Å². The molecule has 0 saturated heterocycles. The number of nitrogens with zero attached hydrogens (tertiary/aromatic N) is 1. The Labute approximate surface area is 120 Å². The molecule has 0 heterocycles. The molecule has 0 aliphatic rings. The number of sulfone groups is 1. The maximum absolute atomic E-state index is 12.5. The summed E-state index contributed by atoms with van der Waals surface area (Å²) in [6, 6.07) is 7.14. The van der Waals surface area contributed by atoms with Crippen molar-refractivity contribution in [3.8, 4) is 0 Å². The number of hydrogen-bond acceptors (Lipinski definition) is 4. The Morgan fingerprint density at radius 3 is 2.20 bits per heavy atom. The van der Waals surface area contributed by atoms with Gasteiger partial charge in [-0.3, -0.25) is 4.79 Å². The van der Waals surface area contributed by atoms with Crippen LogP contribution in [0.15, 0.2) is 24.3 Å². The van der Waals surface area contributed by atoms with E-state index in [0.717, 1.165) is 11.8 Å². The number of nitrogens with two attached hydrogens (primary N) is 1. The molecule has 0 aromatic heterocycles. The third-order valence-corrected chi connectivity index (χ3v) is 4.24. The van der Waals surface area contributed by atoms with Crippen LogP contribution in [0, 0.1) is 0 Å². The second-order valence-electron chi connectivity index (χ2n) is 5.60. The zero-order valence-corrected chi connectivity index (χ0v) is 13.2. The normalized spacial score (nSPS) is 12.2. The predicted octanol–water partition coefficient (Wildman–Crippen LogP) is 1.05. The first kappa shape index (κ1) is 16.5. The van der Waals surface area contributed by atoms with Gasteiger partial charge in [-0.05, 0) is 31.5 Å². The molecule has 0 fully saturated rings. The molecule has 1 aromatic carbocycles. The van der Waals surface area contributed by atoms with Crippen LogP contribution >= 0.6 is 0 Å². The number of anilines is 1. The monoisotopic (exact) mass is 298 g/mol. The summed E-state index contributed by atoms with van der Waals surface area (Å²) in [5, 5.41) is 0. The second-order valence-corrected chi connectivity index (χ2v) is 7.86. The van der Waals surface area contributed by atoms with Crippen LogP contribution in [0.2, 0.25) is 0 Å². The van der Waals surface area contributed by atoms with E-state index in [0.29, 0.717) is 5.69 Å². The van der Waals surface area contributed by atoms with Crippen LogP contribution in [0.5, 0.6) is 0 Å². The van der Waals surface area contributed by atoms with Gasteiger partial charge in [0.1, 0.15) is 9.84 Å². The van der Waals surface area contributed by atoms with Crippen molar-refractivity contribution < 1.29 is 13.2 Å². The number of nitrogen functional groups attached to an aromatic ring is 1. The largest absolute Gasteiger partial charge is 0.399 e. The molecule has 0 unspecified atom stereocenters. The summed E-state index contributed by atoms with van der Waals surface area (Å²) in [6.45, 7) is 3.83. The Balaban J connectivity index is 2.86. The standard InChI is InChI=1S/C14H22N2O3S/c1-14(2,11-5-7-12(15)8-6-11)13(17)16(3)9-10-20(4,18)19/h5-8H,9-10,15H2,1-4H3. The number of carbonyl (C=O) groups excluding carboxylic acids is 1. The van der Waals surface area contributed by atoms with Crippen molar-refractivity contribution in [1.82, 2.24) is 4.90 Å². The molecule has 20 heavy (non-hydrogen) atoms. The molecule has 0 aliphatic heterocycles. The summed E-state index contributed by atoms with van der Waals surface area (Å²) < 4.78 is 22.3. The third kappa shape index (κ3) is 4.23. The Bertz CT molecular complexity index is 577. The SMILES string of the molecule is CN(CCS(C)(=O)=O)C(=O)C(C)(C)c1ccc(N)cc1. The average molecular weight is 298 g/mol. The quantitative estimate of drug-likeness (QED) is 0.824. The third-order valence-electron chi connectivity index (χ3n) is 3.31. The lowest BCUT2D eigenvalue weighted by Gasteiger charge is -2.29. The molecule has 0 saturated carbocycles. The predicted molar refractivity (Wildman–Crippen MR) is 81.2 cm³/mol. The number of rotatable bonds is 5. The van der Waals surface area contributed by atoms with E-state index < -0.39 is 15.3 Å². The maximum Gasteiger partial charge on any atom is 0.232 e. The molecule has 0 aliphatic carbocycles. The molecule has 2 N–H and O–H groups in total. The molecule has 0 spiro atoms. The van der Waals surface area contributed by atoms with Gasteiger partial charge in [-0.15, -0.1) is 0 Å². The van der Waals surface area contributed by atoms with Crippen LogP contribution in [0.25, 0.3) is 0 Å². The van der Waals surface area contributed by atoms with Crippen molar-refractivity contribution in [3.63, 3.8) is 0 Å². The highest BCUT2D eigenvalue weighted by Gasteiger charge is 2.32. The van der Waals surface area contributed by atoms with Crippen LogP contribution in [-0.2, 0) is 20.0 Å². The lowest BCUT2D eigenvalue weighted by atomic mass is 9.83. The Morgan fingerprint density at radius 1 is 1.25 bits per heavy atom. The lowest BCUT2D eigenvalue weighted by molar-refractivity contribution is -0.134. The minimum atomic E-state index is -3.08. The van der Waals surface area contributed by atoms with Gasteiger partial charge in [0.2, 0.25) is 5.91 Å². The van der Waals surface area contributed by atoms with Crippen LogP contribution in [0.3, 0.4) is 0 Å². The van der Waals surface area contributed by atoms with E-state index in [-0.39, 0.29) is 18.2 Å². The minimum absolute atomic E-state index is 0.0347. The Morgan fingerprint density at radius 2 is 1.75 bits per heavy atom. The molecular weight excluding hydrogens is 276 g/mol. The first-order valence-corrected chi connectivity index (χ1v) is 8.39. The van der Waals surface area contributed by atoms with E-state index in [1.807, 2.05) is 26.0 Å². The second kappa shape index (κ2) is 5.83. The van der Waals surface area contributed by atoms with E-state index in [9.17, 15) is 13.2 Å². The van der Waals surface area contributed by atoms with E-state index >= 15 is 0 Å². The first-order chi connectivity index (χ1) is 9.04. The highest BCUT2D eigenvalue weighted by molar-refractivity contribution is 7.90. The highest BCUT2D eigenvalue weighted by Crippen LogP contribution is 2.26. The van der Waals surface area contributed by atoms with Crippen molar-refractivity contribution in [2.75, 3.05) is 31.3 Å². The Kier molecular flexibility index (Phi) is 4.81. The van der Waals surface area contributed by atoms with E-state index in [2.05, 4.69) is 0 Å². The van der Waals surface area contributed by atoms with Gasteiger partial charge in [0.15, 0.2) is 0 Å². The molecule has 1 rings (SSSR count). The average Bonchev–Trinajstić information content (AvgIpc) is 2.34. The molecule has 0 bridgehead atoms. The van der Waals surface area contributed by atoms with Crippen molar-refractivity contribution >= 4 is 21.4 Å². The van der Waals surface area contributed by atoms with E-state index in [1.165, 1.54) is 4.90 Å². The summed E-state index contributed by atoms with van der Waals surface area (Å²) in [5.74, 6) is -0.154. The highest BCUT2D eigenvalue weighted by atomic mass is 32.2. The van der Waals surface area contributed by atoms with Gasteiger partial charge in [0.05, 0.1) is 11.2 Å². The van der Waals surface area contributed by atoms with Crippen LogP contribution < -0.4 is 5.73 Å². The summed E-state index contributed by atoms with van der Waals surface area (Å²) in [7, 11) is -1.46. The van der Waals surface area contributed by atoms with Crippen LogP contribution in [0.4, 0.5) is 5.69 Å². The summed E-state index contributed by atoms with van der Waals surface area (Å²) in [5.41, 5.74) is 6.41. The molecular formula is C14H22N2O3S. The summed E-state index contributed by atoms with van der Waals surface area (Å²) >= 11 is 0. The smallest absolute Gasteiger partial charge is 0.232 e. The topological polar surface area (TPSA) is 80.5 Å². The zero-order valence-electron chi connectivity index (χ0n) is 12.4. The Hall–Kier alpha value is -1.56. The van der Waals surface area contributed by atoms with E-state index in [1.54, 1.807) is 19.2 Å². The van der Waals surface area contributed by atoms with Crippen LogP contribution in [-0.4, -0.2) is 44.8 Å². The van der Waals surface area contributed by atoms with Crippen LogP contribution in [0.1, 0.15) is 19.4 Å². The minimum Gasteiger partial charge on any atom is -0.399 e. The van der Waals surface area contributed by atoms with Gasteiger partial charge in [-0.25, -0.2) is 8.42 Å². The van der Waals surface area contributed by atoms with Crippen molar-refractivity contribution in [3.05, 3.63) is 29.8 Å². The number of amides is 1. The number of hydrogen-bond donors (Lipinski definition) is 1. The fourth-order valence-electron chi connectivity index (χ4n) is 1.90. The molecule has 6 heteroatoms. The van der Waals surface area contributed by atoms with Gasteiger partial charge in [-0.1, -0.05) is 12.1 Å². The summed E-state index contributed by atoms with van der Waals surface area (Å²) in [4.78, 5) is 13.9. The molecule has 1 aromatic rings. The molecule has 112 valence electrons. The van der Waals surface area contributed by atoms with E-state index in [4.69, 9.17) is 5.73 Å². The molecule has 0 radical (unpaired) electrons. The molecule has 0 atom stereocenters. The molecule has 1 amide bonds. The van der Waals surface area contributed by atoms with Gasteiger partial charge in [-0.2, -0.15) is 0 Å². The lowest BCUT2D eigenvalue weighted by Crippen LogP contribution is -2.43. The van der Waals surface area contributed by atoms with Gasteiger partial charge < -0.3 is 10.6 Å². The number of carbonyl (C=O) groups is 1. The number of benzene rings is 1. The van der Waals surface area contributed by atoms with Crippen molar-refractivity contribution in [2.24, 2.45) is 0 Å². The summed E-state index contributed by atoms with van der Waals surface area (Å²) in [6.07, 6.45) is 1.16. The van der Waals surface area contributed by atoms with Gasteiger partial charge in [0.25, 0.3) is 0 Å². The zero-order chi connectivity index (χ0) is 15.6. The number of likely N-dealkylation sites (N-methyl/N-ethyl adjacent to an activating group) is 1. The fourth-order valence-corrected chi connectivity index (χ4v) is 2.51. The van der Waals surface area contributed by atoms with Crippen molar-refractivity contribution in [2.45, 2.75) is 19.3 Å². The maximum atomic E-state index is 12.5. The van der Waals surface area contributed by atoms with Gasteiger partial charge >= 0.3 is 0 Å². The fraction of sp³-hybridized carbons (Fsp3) is 0.500. The van der Waals surface area contributed by atoms with Crippen molar-refractivity contribution in [1.29, 1.82) is 0 Å². The first-order valence-electron chi connectivity index (χ1n) is 6.33. The molecule has 5 nitrogen and oxygen atoms in total.